The van der Waals surface area contributed by atoms with Crippen molar-refractivity contribution in [1.82, 2.24) is 0 Å². The molecule has 0 radical (unpaired) electrons. The third-order valence-electron chi connectivity index (χ3n) is 4.54. The summed E-state index contributed by atoms with van der Waals surface area (Å²) in [6.07, 6.45) is 5.79. The Kier molecular flexibility index (Phi) is 4.45. The predicted molar refractivity (Wildman–Crippen MR) is 83.5 cm³/mol. The van der Waals surface area contributed by atoms with Crippen LogP contribution in [0.5, 0.6) is 11.5 Å². The lowest BCUT2D eigenvalue weighted by Crippen LogP contribution is -2.35. The van der Waals surface area contributed by atoms with Gasteiger partial charge < -0.3 is 19.9 Å². The zero-order valence-electron chi connectivity index (χ0n) is 12.2. The lowest BCUT2D eigenvalue weighted by atomic mass is 9.74. The topological polar surface area (TPSA) is 50.7 Å². The maximum Gasteiger partial charge on any atom is 0.163 e. The van der Waals surface area contributed by atoms with Crippen molar-refractivity contribution in [2.75, 3.05) is 31.7 Å². The molecule has 0 saturated heterocycles. The summed E-state index contributed by atoms with van der Waals surface area (Å²) in [6.45, 7) is 2.09. The standard InChI is InChI=1S/C16H22ClNO3/c17-12-8-14-15(21-7-6-20-14)9-13(12)18-10-16(11-19)4-2-1-3-5-16/h8-9,18-19H,1-7,10-11H2. The van der Waals surface area contributed by atoms with E-state index in [1.54, 1.807) is 6.07 Å². The molecule has 1 aliphatic heterocycles. The van der Waals surface area contributed by atoms with Crippen LogP contribution in [-0.4, -0.2) is 31.5 Å². The number of halogens is 1. The van der Waals surface area contributed by atoms with Gasteiger partial charge in [-0.05, 0) is 12.8 Å². The predicted octanol–water partition coefficient (Wildman–Crippen LogP) is 3.47. The molecule has 1 fully saturated rings. The molecule has 0 aromatic heterocycles. The summed E-state index contributed by atoms with van der Waals surface area (Å²) >= 11 is 6.31. The Balaban J connectivity index is 1.72. The molecule has 1 heterocycles. The SMILES string of the molecule is OCC1(CNc2cc3c(cc2Cl)OCCO3)CCCCC1. The number of nitrogens with one attached hydrogen (secondary N) is 1. The van der Waals surface area contributed by atoms with Crippen molar-refractivity contribution in [2.45, 2.75) is 32.1 Å². The second kappa shape index (κ2) is 6.32. The largest absolute Gasteiger partial charge is 0.486 e. The zero-order valence-corrected chi connectivity index (χ0v) is 12.9. The first kappa shape index (κ1) is 14.8. The van der Waals surface area contributed by atoms with E-state index in [9.17, 15) is 5.11 Å². The van der Waals surface area contributed by atoms with Crippen molar-refractivity contribution in [3.63, 3.8) is 0 Å². The van der Waals surface area contributed by atoms with Crippen LogP contribution in [0.3, 0.4) is 0 Å². The van der Waals surface area contributed by atoms with Gasteiger partial charge in [0.2, 0.25) is 0 Å². The van der Waals surface area contributed by atoms with Crippen LogP contribution < -0.4 is 14.8 Å². The van der Waals surface area contributed by atoms with Gasteiger partial charge in [-0.25, -0.2) is 0 Å². The summed E-state index contributed by atoms with van der Waals surface area (Å²) in [6, 6.07) is 3.69. The fourth-order valence-electron chi connectivity index (χ4n) is 3.17. The molecule has 0 atom stereocenters. The van der Waals surface area contributed by atoms with Gasteiger partial charge in [-0.1, -0.05) is 30.9 Å². The molecular weight excluding hydrogens is 290 g/mol. The molecule has 2 aliphatic rings. The van der Waals surface area contributed by atoms with Crippen LogP contribution in [-0.2, 0) is 0 Å². The second-order valence-corrected chi connectivity index (χ2v) is 6.46. The fraction of sp³-hybridized carbons (Fsp3) is 0.625. The Hall–Kier alpha value is -1.13. The zero-order chi connectivity index (χ0) is 14.7. The van der Waals surface area contributed by atoms with Crippen LogP contribution in [0.15, 0.2) is 12.1 Å². The van der Waals surface area contributed by atoms with Gasteiger partial charge in [0.05, 0.1) is 17.3 Å². The number of aliphatic hydroxyl groups excluding tert-OH is 1. The molecule has 2 N–H and O–H groups in total. The van der Waals surface area contributed by atoms with E-state index in [4.69, 9.17) is 21.1 Å². The first-order valence-electron chi connectivity index (χ1n) is 7.66. The number of rotatable bonds is 4. The summed E-state index contributed by atoms with van der Waals surface area (Å²) in [5.74, 6) is 1.43. The van der Waals surface area contributed by atoms with Crippen LogP contribution in [0.1, 0.15) is 32.1 Å². The van der Waals surface area contributed by atoms with Crippen LogP contribution in [0, 0.1) is 5.41 Å². The minimum atomic E-state index is -0.0190. The van der Waals surface area contributed by atoms with Crippen molar-refractivity contribution in [3.8, 4) is 11.5 Å². The van der Waals surface area contributed by atoms with Crippen LogP contribution >= 0.6 is 11.6 Å². The summed E-state index contributed by atoms with van der Waals surface area (Å²) in [5.41, 5.74) is 0.828. The lowest BCUT2D eigenvalue weighted by molar-refractivity contribution is 0.0944. The van der Waals surface area contributed by atoms with Crippen LogP contribution in [0.25, 0.3) is 0 Å². The molecule has 0 amide bonds. The van der Waals surface area contributed by atoms with Gasteiger partial charge in [0.15, 0.2) is 11.5 Å². The van der Waals surface area contributed by atoms with Gasteiger partial charge in [0.1, 0.15) is 13.2 Å². The molecule has 21 heavy (non-hydrogen) atoms. The third kappa shape index (κ3) is 3.22. The van der Waals surface area contributed by atoms with Gasteiger partial charge in [-0.15, -0.1) is 0 Å². The maximum absolute atomic E-state index is 9.76. The van der Waals surface area contributed by atoms with Crippen molar-refractivity contribution in [2.24, 2.45) is 5.41 Å². The quantitative estimate of drug-likeness (QED) is 0.894. The van der Waals surface area contributed by atoms with Gasteiger partial charge >= 0.3 is 0 Å². The minimum Gasteiger partial charge on any atom is -0.486 e. The van der Waals surface area contributed by atoms with Gasteiger partial charge in [0, 0.05) is 24.1 Å². The highest BCUT2D eigenvalue weighted by Gasteiger charge is 2.31. The minimum absolute atomic E-state index is 0.0190. The van der Waals surface area contributed by atoms with E-state index in [0.29, 0.717) is 24.0 Å². The molecule has 116 valence electrons. The lowest BCUT2D eigenvalue weighted by Gasteiger charge is -2.36. The fourth-order valence-corrected chi connectivity index (χ4v) is 3.40. The second-order valence-electron chi connectivity index (χ2n) is 6.05. The summed E-state index contributed by atoms with van der Waals surface area (Å²) < 4.78 is 11.1. The summed E-state index contributed by atoms with van der Waals surface area (Å²) in [5, 5.41) is 13.8. The number of fused-ring (bicyclic) bond motifs is 1. The molecule has 0 spiro atoms. The van der Waals surface area contributed by atoms with Crippen molar-refractivity contribution in [1.29, 1.82) is 0 Å². The average molecular weight is 312 g/mol. The number of anilines is 1. The average Bonchev–Trinajstić information content (AvgIpc) is 2.54. The molecule has 0 bridgehead atoms. The highest BCUT2D eigenvalue weighted by Crippen LogP contribution is 2.40. The highest BCUT2D eigenvalue weighted by molar-refractivity contribution is 6.33. The number of hydrogen-bond donors (Lipinski definition) is 2. The smallest absolute Gasteiger partial charge is 0.163 e. The molecule has 1 aromatic rings. The number of hydrogen-bond acceptors (Lipinski definition) is 4. The molecule has 3 rings (SSSR count). The molecule has 4 nitrogen and oxygen atoms in total. The third-order valence-corrected chi connectivity index (χ3v) is 4.85. The van der Waals surface area contributed by atoms with E-state index in [1.165, 1.54) is 19.3 Å². The Bertz CT molecular complexity index is 501. The van der Waals surface area contributed by atoms with Gasteiger partial charge in [-0.3, -0.25) is 0 Å². The van der Waals surface area contributed by atoms with E-state index in [0.717, 1.165) is 30.8 Å². The van der Waals surface area contributed by atoms with Crippen molar-refractivity contribution in [3.05, 3.63) is 17.2 Å². The Morgan fingerprint density at radius 3 is 2.43 bits per heavy atom. The number of benzene rings is 1. The summed E-state index contributed by atoms with van der Waals surface area (Å²) in [7, 11) is 0. The number of ether oxygens (including phenoxy) is 2. The Morgan fingerprint density at radius 2 is 1.76 bits per heavy atom. The van der Waals surface area contributed by atoms with Crippen LogP contribution in [0.2, 0.25) is 5.02 Å². The van der Waals surface area contributed by atoms with E-state index in [1.807, 2.05) is 6.07 Å². The molecule has 5 heteroatoms. The monoisotopic (exact) mass is 311 g/mol. The molecular formula is C16H22ClNO3. The molecule has 0 unspecified atom stereocenters. The van der Waals surface area contributed by atoms with E-state index in [-0.39, 0.29) is 12.0 Å². The van der Waals surface area contributed by atoms with Gasteiger partial charge in [-0.2, -0.15) is 0 Å². The summed E-state index contributed by atoms with van der Waals surface area (Å²) in [4.78, 5) is 0. The van der Waals surface area contributed by atoms with E-state index >= 15 is 0 Å². The van der Waals surface area contributed by atoms with Crippen molar-refractivity contribution < 1.29 is 14.6 Å². The molecule has 1 saturated carbocycles. The first-order chi connectivity index (χ1) is 10.2. The first-order valence-corrected chi connectivity index (χ1v) is 8.04. The van der Waals surface area contributed by atoms with E-state index in [2.05, 4.69) is 5.32 Å². The Labute approximate surface area is 130 Å². The molecule has 1 aromatic carbocycles. The number of aliphatic hydroxyl groups is 1. The van der Waals surface area contributed by atoms with Crippen LogP contribution in [0.4, 0.5) is 5.69 Å². The normalized spacial score (nSPS) is 20.1. The highest BCUT2D eigenvalue weighted by atomic mass is 35.5. The van der Waals surface area contributed by atoms with E-state index < -0.39 is 0 Å². The van der Waals surface area contributed by atoms with Gasteiger partial charge in [0.25, 0.3) is 0 Å². The van der Waals surface area contributed by atoms with Crippen molar-refractivity contribution >= 4 is 17.3 Å². The Morgan fingerprint density at radius 1 is 1.10 bits per heavy atom. The maximum atomic E-state index is 9.76. The molecule has 1 aliphatic carbocycles.